The highest BCUT2D eigenvalue weighted by molar-refractivity contribution is 7.11. The molecule has 3 nitrogen and oxygen atoms in total. The van der Waals surface area contributed by atoms with Crippen molar-refractivity contribution >= 4 is 17.3 Å². The summed E-state index contributed by atoms with van der Waals surface area (Å²) in [4.78, 5) is 11.7. The van der Waals surface area contributed by atoms with Gasteiger partial charge in [0, 0.05) is 5.56 Å². The van der Waals surface area contributed by atoms with Crippen LogP contribution < -0.4 is 4.57 Å². The normalized spacial score (nSPS) is 10.2. The molecule has 2 rings (SSSR count). The molecule has 0 N–H and O–H groups in total. The number of carbonyl (C=O) groups excluding carboxylic acids is 1. The maximum atomic E-state index is 11.7. The van der Waals surface area contributed by atoms with Gasteiger partial charge in [0.1, 0.15) is 0 Å². The van der Waals surface area contributed by atoms with Gasteiger partial charge in [0.15, 0.2) is 12.7 Å². The average Bonchev–Trinajstić information content (AvgIpc) is 2.79. The summed E-state index contributed by atoms with van der Waals surface area (Å²) in [7, 11) is 0. The molecule has 0 aliphatic rings. The SMILES string of the molecule is CCOC(=O)c1scc[n+]1Cc1ccccc1. The van der Waals surface area contributed by atoms with E-state index in [9.17, 15) is 4.79 Å². The van der Waals surface area contributed by atoms with Crippen molar-refractivity contribution in [3.8, 4) is 0 Å². The monoisotopic (exact) mass is 248 g/mol. The molecule has 17 heavy (non-hydrogen) atoms. The smallest absolute Gasteiger partial charge is 0.415 e. The third-order valence-corrected chi connectivity index (χ3v) is 3.21. The topological polar surface area (TPSA) is 30.2 Å². The van der Waals surface area contributed by atoms with Crippen LogP contribution in [0.15, 0.2) is 41.9 Å². The number of ether oxygens (including phenoxy) is 1. The molecule has 4 heteroatoms. The first-order valence-corrected chi connectivity index (χ1v) is 6.37. The molecule has 88 valence electrons. The van der Waals surface area contributed by atoms with Crippen LogP contribution in [-0.2, 0) is 11.3 Å². The Morgan fingerprint density at radius 3 is 2.82 bits per heavy atom. The Morgan fingerprint density at radius 2 is 2.12 bits per heavy atom. The van der Waals surface area contributed by atoms with Crippen LogP contribution in [0.4, 0.5) is 0 Å². The van der Waals surface area contributed by atoms with Gasteiger partial charge in [-0.2, -0.15) is 4.57 Å². The van der Waals surface area contributed by atoms with Crippen LogP contribution in [0.5, 0.6) is 0 Å². The predicted octanol–water partition coefficient (Wildman–Crippen LogP) is 2.26. The molecule has 0 radical (unpaired) electrons. The highest BCUT2D eigenvalue weighted by Gasteiger charge is 2.22. The molecule has 2 aromatic rings. The molecule has 0 spiro atoms. The minimum Gasteiger partial charge on any atom is -0.457 e. The van der Waals surface area contributed by atoms with E-state index in [0.717, 1.165) is 0 Å². The zero-order valence-electron chi connectivity index (χ0n) is 9.63. The average molecular weight is 248 g/mol. The Morgan fingerprint density at radius 1 is 1.35 bits per heavy atom. The predicted molar refractivity (Wildman–Crippen MR) is 66.0 cm³/mol. The molecule has 0 aliphatic carbocycles. The van der Waals surface area contributed by atoms with Gasteiger partial charge in [-0.1, -0.05) is 41.7 Å². The lowest BCUT2D eigenvalue weighted by molar-refractivity contribution is -0.685. The highest BCUT2D eigenvalue weighted by Crippen LogP contribution is 2.06. The van der Waals surface area contributed by atoms with E-state index in [1.54, 1.807) is 0 Å². The van der Waals surface area contributed by atoms with Crippen LogP contribution >= 0.6 is 11.3 Å². The van der Waals surface area contributed by atoms with Crippen LogP contribution in [0.3, 0.4) is 0 Å². The number of esters is 1. The Hall–Kier alpha value is -1.68. The van der Waals surface area contributed by atoms with Crippen LogP contribution in [-0.4, -0.2) is 12.6 Å². The summed E-state index contributed by atoms with van der Waals surface area (Å²) < 4.78 is 6.93. The largest absolute Gasteiger partial charge is 0.457 e. The third-order valence-electron chi connectivity index (χ3n) is 2.33. The Balaban J connectivity index is 2.17. The number of nitrogens with zero attached hydrogens (tertiary/aromatic N) is 1. The number of aromatic nitrogens is 1. The van der Waals surface area contributed by atoms with Crippen molar-refractivity contribution in [2.24, 2.45) is 0 Å². The number of hydrogen-bond donors (Lipinski definition) is 0. The number of thiazole rings is 1. The van der Waals surface area contributed by atoms with Gasteiger partial charge in [0.2, 0.25) is 0 Å². The van der Waals surface area contributed by atoms with E-state index in [1.807, 2.05) is 53.4 Å². The van der Waals surface area contributed by atoms with Gasteiger partial charge in [-0.05, 0) is 6.92 Å². The molecule has 1 aromatic heterocycles. The van der Waals surface area contributed by atoms with Gasteiger partial charge in [0.25, 0.3) is 0 Å². The van der Waals surface area contributed by atoms with Gasteiger partial charge in [0.05, 0.1) is 12.0 Å². The van der Waals surface area contributed by atoms with Gasteiger partial charge in [-0.3, -0.25) is 0 Å². The zero-order chi connectivity index (χ0) is 12.1. The van der Waals surface area contributed by atoms with Crippen molar-refractivity contribution in [1.82, 2.24) is 0 Å². The van der Waals surface area contributed by atoms with Gasteiger partial charge in [-0.15, -0.1) is 0 Å². The Labute approximate surface area is 104 Å². The summed E-state index contributed by atoms with van der Waals surface area (Å²) >= 11 is 1.41. The van der Waals surface area contributed by atoms with Crippen molar-refractivity contribution in [3.05, 3.63) is 52.5 Å². The van der Waals surface area contributed by atoms with E-state index in [2.05, 4.69) is 0 Å². The fraction of sp³-hybridized carbons (Fsp3) is 0.231. The lowest BCUT2D eigenvalue weighted by Gasteiger charge is -1.99. The van der Waals surface area contributed by atoms with Crippen LogP contribution in [0.2, 0.25) is 0 Å². The van der Waals surface area contributed by atoms with Gasteiger partial charge >= 0.3 is 11.0 Å². The van der Waals surface area contributed by atoms with Crippen molar-refractivity contribution in [3.63, 3.8) is 0 Å². The summed E-state index contributed by atoms with van der Waals surface area (Å²) in [6.07, 6.45) is 1.91. The quantitative estimate of drug-likeness (QED) is 0.613. The zero-order valence-corrected chi connectivity index (χ0v) is 10.4. The molecule has 0 saturated carbocycles. The number of rotatable bonds is 4. The number of carbonyl (C=O) groups is 1. The minimum atomic E-state index is -0.251. The molecule has 0 fully saturated rings. The fourth-order valence-electron chi connectivity index (χ4n) is 1.57. The molecule has 0 bridgehead atoms. The van der Waals surface area contributed by atoms with Gasteiger partial charge in [-0.25, -0.2) is 4.79 Å². The molecule has 0 unspecified atom stereocenters. The van der Waals surface area contributed by atoms with Crippen LogP contribution in [0, 0.1) is 0 Å². The Bertz CT molecular complexity index is 493. The molecule has 0 saturated heterocycles. The lowest BCUT2D eigenvalue weighted by atomic mass is 10.2. The lowest BCUT2D eigenvalue weighted by Crippen LogP contribution is -2.38. The first-order valence-electron chi connectivity index (χ1n) is 5.49. The summed E-state index contributed by atoms with van der Waals surface area (Å²) in [6.45, 7) is 2.91. The summed E-state index contributed by atoms with van der Waals surface area (Å²) in [6, 6.07) is 10.0. The number of hydrogen-bond acceptors (Lipinski definition) is 3. The van der Waals surface area contributed by atoms with E-state index in [-0.39, 0.29) is 5.97 Å². The first-order chi connectivity index (χ1) is 8.31. The van der Waals surface area contributed by atoms with Crippen LogP contribution in [0.1, 0.15) is 22.3 Å². The molecule has 1 heterocycles. The molecule has 0 amide bonds. The minimum absolute atomic E-state index is 0.251. The van der Waals surface area contributed by atoms with E-state index in [4.69, 9.17) is 4.74 Å². The van der Waals surface area contributed by atoms with Crippen molar-refractivity contribution in [2.45, 2.75) is 13.5 Å². The van der Waals surface area contributed by atoms with E-state index in [0.29, 0.717) is 18.2 Å². The molecule has 1 aromatic carbocycles. The summed E-state index contributed by atoms with van der Waals surface area (Å²) in [5.41, 5.74) is 1.17. The second-order valence-electron chi connectivity index (χ2n) is 3.54. The molecular weight excluding hydrogens is 234 g/mol. The molecule has 0 atom stereocenters. The van der Waals surface area contributed by atoms with E-state index in [1.165, 1.54) is 16.9 Å². The standard InChI is InChI=1S/C13H14NO2S/c1-2-16-13(15)12-14(8-9-17-12)10-11-6-4-3-5-7-11/h3-9H,2,10H2,1H3/q+1. The summed E-state index contributed by atoms with van der Waals surface area (Å²) in [5, 5.41) is 2.53. The molecular formula is C13H14NO2S+. The maximum Gasteiger partial charge on any atom is 0.415 e. The van der Waals surface area contributed by atoms with Crippen LogP contribution in [0.25, 0.3) is 0 Å². The Kier molecular flexibility index (Phi) is 3.88. The second-order valence-corrected chi connectivity index (χ2v) is 4.44. The van der Waals surface area contributed by atoms with Crippen molar-refractivity contribution in [2.75, 3.05) is 6.61 Å². The second kappa shape index (κ2) is 5.59. The first kappa shape index (κ1) is 11.8. The van der Waals surface area contributed by atoms with Gasteiger partial charge < -0.3 is 4.74 Å². The third kappa shape index (κ3) is 2.91. The summed E-state index contributed by atoms with van der Waals surface area (Å²) in [5.74, 6) is -0.251. The maximum absolute atomic E-state index is 11.7. The fourth-order valence-corrected chi connectivity index (χ4v) is 2.32. The number of benzene rings is 1. The molecule has 0 aliphatic heterocycles. The highest BCUT2D eigenvalue weighted by atomic mass is 32.1. The van der Waals surface area contributed by atoms with Crippen molar-refractivity contribution in [1.29, 1.82) is 0 Å². The van der Waals surface area contributed by atoms with Crippen molar-refractivity contribution < 1.29 is 14.1 Å². The van der Waals surface area contributed by atoms with E-state index < -0.39 is 0 Å². The van der Waals surface area contributed by atoms with E-state index >= 15 is 0 Å².